The number of methoxy groups -OCH3 is 1. The Balaban J connectivity index is 1.37. The molecule has 180 valence electrons. The fourth-order valence-corrected chi connectivity index (χ4v) is 4.45. The number of hydrogen-bond acceptors (Lipinski definition) is 5. The first-order valence-electron chi connectivity index (χ1n) is 11.2. The van der Waals surface area contributed by atoms with Crippen LogP contribution in [0.4, 0.5) is 13.2 Å². The molecule has 0 spiro atoms. The summed E-state index contributed by atoms with van der Waals surface area (Å²) in [5.41, 5.74) is 0.950. The monoisotopic (exact) mass is 471 g/mol. The van der Waals surface area contributed by atoms with Crippen LogP contribution in [0.5, 0.6) is 5.75 Å². The van der Waals surface area contributed by atoms with Crippen LogP contribution in [0, 0.1) is 17.5 Å². The highest BCUT2D eigenvalue weighted by atomic mass is 19.1. The number of pyridine rings is 1. The third-order valence-corrected chi connectivity index (χ3v) is 6.36. The first kappa shape index (κ1) is 24.2. The Hall–Kier alpha value is -2.94. The van der Waals surface area contributed by atoms with Gasteiger partial charge in [0.05, 0.1) is 31.0 Å². The topological polar surface area (TPSA) is 57.6 Å². The van der Waals surface area contributed by atoms with Crippen molar-refractivity contribution >= 4 is 17.0 Å². The Labute approximate surface area is 196 Å². The number of nitrogens with zero attached hydrogens (tertiary/aromatic N) is 2. The molecule has 2 heterocycles. The van der Waals surface area contributed by atoms with Crippen molar-refractivity contribution in [3.05, 3.63) is 77.2 Å². The van der Waals surface area contributed by atoms with Gasteiger partial charge in [-0.05, 0) is 55.8 Å². The third kappa shape index (κ3) is 5.41. The predicted octanol–water partition coefficient (Wildman–Crippen LogP) is 3.94. The number of nitrogens with one attached hydrogen (secondary N) is 1. The lowest BCUT2D eigenvalue weighted by Gasteiger charge is -2.29. The quantitative estimate of drug-likeness (QED) is 0.495. The molecule has 0 bridgehead atoms. The van der Waals surface area contributed by atoms with Crippen LogP contribution in [0.2, 0.25) is 0 Å². The molecule has 1 aliphatic rings. The van der Waals surface area contributed by atoms with E-state index in [0.29, 0.717) is 48.3 Å². The van der Waals surface area contributed by atoms with E-state index in [-0.39, 0.29) is 18.0 Å². The number of hydrogen-bond donors (Lipinski definition) is 2. The Morgan fingerprint density at radius 1 is 1.18 bits per heavy atom. The van der Waals surface area contributed by atoms with Crippen molar-refractivity contribution in [2.24, 2.45) is 0 Å². The molecule has 1 atom stereocenters. The minimum absolute atomic E-state index is 0.0564. The van der Waals surface area contributed by atoms with Crippen molar-refractivity contribution in [1.82, 2.24) is 15.2 Å². The number of halogens is 3. The molecule has 2 aromatic carbocycles. The lowest BCUT2D eigenvalue weighted by atomic mass is 9.99. The molecule has 0 saturated carbocycles. The summed E-state index contributed by atoms with van der Waals surface area (Å²) in [4.78, 5) is 6.28. The Kier molecular flexibility index (Phi) is 7.50. The molecule has 0 radical (unpaired) electrons. The van der Waals surface area contributed by atoms with E-state index in [4.69, 9.17) is 4.74 Å². The van der Waals surface area contributed by atoms with E-state index in [1.54, 1.807) is 37.5 Å². The molecule has 4 rings (SSSR count). The summed E-state index contributed by atoms with van der Waals surface area (Å²) < 4.78 is 47.0. The van der Waals surface area contributed by atoms with Gasteiger partial charge in [0.25, 0.3) is 0 Å². The summed E-state index contributed by atoms with van der Waals surface area (Å²) in [6, 6.07) is 8.74. The number of rotatable bonds is 9. The van der Waals surface area contributed by atoms with Gasteiger partial charge >= 0.3 is 0 Å². The van der Waals surface area contributed by atoms with Crippen LogP contribution in [0.15, 0.2) is 48.7 Å². The second kappa shape index (κ2) is 10.5. The minimum atomic E-state index is -0.505. The molecule has 0 aliphatic carbocycles. The maximum atomic E-state index is 14.6. The molecule has 1 fully saturated rings. The minimum Gasteiger partial charge on any atom is -0.497 e. The molecule has 1 unspecified atom stereocenters. The van der Waals surface area contributed by atoms with E-state index in [1.165, 1.54) is 6.20 Å². The van der Waals surface area contributed by atoms with Crippen LogP contribution in [0.1, 0.15) is 17.5 Å². The molecule has 5 nitrogen and oxygen atoms in total. The third-order valence-electron chi connectivity index (χ3n) is 6.36. The van der Waals surface area contributed by atoms with Crippen LogP contribution in [-0.4, -0.2) is 60.4 Å². The van der Waals surface area contributed by atoms with Crippen LogP contribution in [0.3, 0.4) is 0 Å². The number of likely N-dealkylation sites (tertiary alicyclic amines) is 1. The molecule has 2 N–H and O–H groups in total. The van der Waals surface area contributed by atoms with E-state index >= 15 is 0 Å². The fourth-order valence-electron chi connectivity index (χ4n) is 4.45. The van der Waals surface area contributed by atoms with Crippen molar-refractivity contribution in [3.63, 3.8) is 0 Å². The van der Waals surface area contributed by atoms with Crippen molar-refractivity contribution in [1.29, 1.82) is 0 Å². The van der Waals surface area contributed by atoms with Gasteiger partial charge < -0.3 is 15.2 Å². The molecule has 0 amide bonds. The normalized spacial score (nSPS) is 18.9. The van der Waals surface area contributed by atoms with Crippen LogP contribution in [-0.2, 0) is 6.42 Å². The van der Waals surface area contributed by atoms with Crippen molar-refractivity contribution in [2.75, 3.05) is 39.9 Å². The maximum absolute atomic E-state index is 14.6. The van der Waals surface area contributed by atoms with Gasteiger partial charge in [0.2, 0.25) is 0 Å². The Bertz CT molecular complexity index is 1190. The molecule has 1 saturated heterocycles. The van der Waals surface area contributed by atoms with Crippen LogP contribution in [0.25, 0.3) is 17.0 Å². The van der Waals surface area contributed by atoms with E-state index in [2.05, 4.69) is 15.2 Å². The van der Waals surface area contributed by atoms with Gasteiger partial charge in [-0.2, -0.15) is 0 Å². The highest BCUT2D eigenvalue weighted by Crippen LogP contribution is 2.26. The second-order valence-corrected chi connectivity index (χ2v) is 8.64. The average molecular weight is 472 g/mol. The summed E-state index contributed by atoms with van der Waals surface area (Å²) in [6.07, 6.45) is 5.74. The van der Waals surface area contributed by atoms with E-state index in [9.17, 15) is 18.3 Å². The van der Waals surface area contributed by atoms with E-state index in [1.807, 2.05) is 0 Å². The zero-order valence-corrected chi connectivity index (χ0v) is 19.0. The van der Waals surface area contributed by atoms with Gasteiger partial charge in [-0.25, -0.2) is 13.2 Å². The lowest BCUT2D eigenvalue weighted by molar-refractivity contribution is 0.163. The number of aliphatic hydroxyl groups excluding tert-OH is 1. The van der Waals surface area contributed by atoms with E-state index in [0.717, 1.165) is 31.2 Å². The molecule has 3 aromatic rings. The molecule has 8 heteroatoms. The smallest absolute Gasteiger partial charge is 0.145 e. The standard InChI is InChI=1S/C26H28F3N3O2/c1-34-20-5-7-25-22(14-20)21(24(29)15-30-25)8-10-31-26(17-33)9-12-32(16-26)11-2-3-18-13-19(27)4-6-23(18)28/h2-7,13-15,31,33H,8-12,16-17H2,1H3. The predicted molar refractivity (Wildman–Crippen MR) is 126 cm³/mol. The lowest BCUT2D eigenvalue weighted by Crippen LogP contribution is -2.51. The number of aliphatic hydroxyl groups is 1. The zero-order chi connectivity index (χ0) is 24.1. The highest BCUT2D eigenvalue weighted by Gasteiger charge is 2.36. The maximum Gasteiger partial charge on any atom is 0.145 e. The largest absolute Gasteiger partial charge is 0.497 e. The van der Waals surface area contributed by atoms with Gasteiger partial charge in [-0.3, -0.25) is 9.88 Å². The van der Waals surface area contributed by atoms with Gasteiger partial charge in [0.1, 0.15) is 23.2 Å². The van der Waals surface area contributed by atoms with Crippen LogP contribution < -0.4 is 10.1 Å². The summed E-state index contributed by atoms with van der Waals surface area (Å²) in [5.74, 6) is -0.691. The molecular weight excluding hydrogens is 443 g/mol. The van der Waals surface area contributed by atoms with Crippen molar-refractivity contribution in [3.8, 4) is 5.75 Å². The first-order chi connectivity index (χ1) is 16.4. The zero-order valence-electron chi connectivity index (χ0n) is 19.0. The second-order valence-electron chi connectivity index (χ2n) is 8.64. The number of fused-ring (bicyclic) bond motifs is 1. The van der Waals surface area contributed by atoms with Gasteiger partial charge in [-0.1, -0.05) is 12.2 Å². The van der Waals surface area contributed by atoms with Crippen molar-refractivity contribution in [2.45, 2.75) is 18.4 Å². The summed E-state index contributed by atoms with van der Waals surface area (Å²) >= 11 is 0. The van der Waals surface area contributed by atoms with Gasteiger partial charge in [-0.15, -0.1) is 0 Å². The summed E-state index contributed by atoms with van der Waals surface area (Å²) in [5, 5.41) is 14.2. The number of aromatic nitrogens is 1. The van der Waals surface area contributed by atoms with Crippen molar-refractivity contribution < 1.29 is 23.0 Å². The number of ether oxygens (including phenoxy) is 1. The summed E-state index contributed by atoms with van der Waals surface area (Å²) in [6.45, 7) is 2.30. The molecule has 34 heavy (non-hydrogen) atoms. The Morgan fingerprint density at radius 3 is 2.82 bits per heavy atom. The number of benzene rings is 2. The molecule has 1 aromatic heterocycles. The highest BCUT2D eigenvalue weighted by molar-refractivity contribution is 5.83. The SMILES string of the molecule is COc1ccc2ncc(F)c(CCNC3(CO)CCN(CC=Cc4cc(F)ccc4F)C3)c2c1. The summed E-state index contributed by atoms with van der Waals surface area (Å²) in [7, 11) is 1.57. The fraction of sp³-hybridized carbons (Fsp3) is 0.346. The molecular formula is C26H28F3N3O2. The molecule has 1 aliphatic heterocycles. The van der Waals surface area contributed by atoms with Gasteiger partial charge in [0, 0.05) is 36.1 Å². The van der Waals surface area contributed by atoms with Gasteiger partial charge in [0.15, 0.2) is 0 Å². The average Bonchev–Trinajstić information content (AvgIpc) is 3.26. The first-order valence-corrected chi connectivity index (χ1v) is 11.2. The Morgan fingerprint density at radius 2 is 2.03 bits per heavy atom. The van der Waals surface area contributed by atoms with Crippen LogP contribution >= 0.6 is 0 Å². The van der Waals surface area contributed by atoms with E-state index < -0.39 is 17.2 Å².